The zero-order valence-corrected chi connectivity index (χ0v) is 11.6. The van der Waals surface area contributed by atoms with Crippen molar-refractivity contribution in [1.29, 1.82) is 0 Å². The van der Waals surface area contributed by atoms with Crippen molar-refractivity contribution in [3.63, 3.8) is 0 Å². The first-order valence-corrected chi connectivity index (χ1v) is 7.50. The summed E-state index contributed by atoms with van der Waals surface area (Å²) >= 11 is 2.02. The minimum absolute atomic E-state index is 0.594. The molecule has 2 rings (SSSR count). The van der Waals surface area contributed by atoms with Crippen LogP contribution in [0.25, 0.3) is 0 Å². The molecule has 1 atom stereocenters. The fourth-order valence-electron chi connectivity index (χ4n) is 1.87. The van der Waals surface area contributed by atoms with Crippen LogP contribution in [0.4, 0.5) is 0 Å². The van der Waals surface area contributed by atoms with Gasteiger partial charge in [-0.3, -0.25) is 0 Å². The number of hydrogen-bond donors (Lipinski definition) is 0. The maximum absolute atomic E-state index is 5.15. The minimum Gasteiger partial charge on any atom is -0.385 e. The first-order valence-electron chi connectivity index (χ1n) is 6.51. The van der Waals surface area contributed by atoms with Gasteiger partial charge in [0.25, 0.3) is 0 Å². The summed E-state index contributed by atoms with van der Waals surface area (Å²) in [6.07, 6.45) is 3.99. The van der Waals surface area contributed by atoms with Gasteiger partial charge >= 0.3 is 0 Å². The van der Waals surface area contributed by atoms with Crippen LogP contribution in [0.5, 0.6) is 0 Å². The van der Waals surface area contributed by atoms with Crippen molar-refractivity contribution < 1.29 is 4.74 Å². The predicted octanol–water partition coefficient (Wildman–Crippen LogP) is 4.33. The SMILES string of the molecule is COCC[C@@H](C)c1cccc(SCC2CC2)c1. The quantitative estimate of drug-likeness (QED) is 0.666. The maximum Gasteiger partial charge on any atom is 0.0467 e. The van der Waals surface area contributed by atoms with Gasteiger partial charge in [0, 0.05) is 24.4 Å². The Hall–Kier alpha value is -0.470. The Morgan fingerprint density at radius 1 is 1.41 bits per heavy atom. The number of methoxy groups -OCH3 is 1. The van der Waals surface area contributed by atoms with Crippen LogP contribution in [0.3, 0.4) is 0 Å². The van der Waals surface area contributed by atoms with E-state index in [0.717, 1.165) is 18.9 Å². The van der Waals surface area contributed by atoms with E-state index >= 15 is 0 Å². The zero-order valence-electron chi connectivity index (χ0n) is 10.8. The van der Waals surface area contributed by atoms with E-state index in [9.17, 15) is 0 Å². The van der Waals surface area contributed by atoms with E-state index in [4.69, 9.17) is 4.74 Å². The average molecular weight is 250 g/mol. The van der Waals surface area contributed by atoms with Crippen LogP contribution in [0, 0.1) is 5.92 Å². The van der Waals surface area contributed by atoms with Crippen molar-refractivity contribution in [3.05, 3.63) is 29.8 Å². The molecule has 94 valence electrons. The van der Waals surface area contributed by atoms with Gasteiger partial charge in [0.1, 0.15) is 0 Å². The molecule has 0 heterocycles. The van der Waals surface area contributed by atoms with E-state index in [2.05, 4.69) is 31.2 Å². The average Bonchev–Trinajstić information content (AvgIpc) is 3.18. The Labute approximate surface area is 109 Å². The number of benzene rings is 1. The molecular weight excluding hydrogens is 228 g/mol. The van der Waals surface area contributed by atoms with Crippen molar-refractivity contribution in [2.45, 2.75) is 37.0 Å². The van der Waals surface area contributed by atoms with Crippen molar-refractivity contribution in [2.24, 2.45) is 5.92 Å². The lowest BCUT2D eigenvalue weighted by atomic mass is 9.98. The van der Waals surface area contributed by atoms with E-state index in [-0.39, 0.29) is 0 Å². The molecule has 0 unspecified atom stereocenters. The minimum atomic E-state index is 0.594. The molecule has 0 amide bonds. The molecule has 1 fully saturated rings. The van der Waals surface area contributed by atoms with E-state index < -0.39 is 0 Å². The predicted molar refractivity (Wildman–Crippen MR) is 74.8 cm³/mol. The third-order valence-corrected chi connectivity index (χ3v) is 4.59. The Kier molecular flexibility index (Phi) is 4.93. The molecule has 0 radical (unpaired) electrons. The van der Waals surface area contributed by atoms with Gasteiger partial charge in [0.05, 0.1) is 0 Å². The third kappa shape index (κ3) is 4.36. The van der Waals surface area contributed by atoms with Gasteiger partial charge in [-0.2, -0.15) is 0 Å². The largest absolute Gasteiger partial charge is 0.385 e. The van der Waals surface area contributed by atoms with E-state index in [1.165, 1.54) is 29.1 Å². The number of rotatable bonds is 7. The van der Waals surface area contributed by atoms with E-state index in [1.54, 1.807) is 7.11 Å². The van der Waals surface area contributed by atoms with Crippen LogP contribution in [0.2, 0.25) is 0 Å². The Bertz CT molecular complexity index is 347. The molecule has 0 N–H and O–H groups in total. The lowest BCUT2D eigenvalue weighted by Gasteiger charge is -2.12. The van der Waals surface area contributed by atoms with Crippen molar-refractivity contribution in [3.8, 4) is 0 Å². The van der Waals surface area contributed by atoms with Crippen LogP contribution in [-0.4, -0.2) is 19.5 Å². The summed E-state index contributed by atoms with van der Waals surface area (Å²) in [6.45, 7) is 3.13. The summed E-state index contributed by atoms with van der Waals surface area (Å²) < 4.78 is 5.15. The summed E-state index contributed by atoms with van der Waals surface area (Å²) in [5, 5.41) is 0. The Balaban J connectivity index is 1.89. The molecule has 0 aliphatic heterocycles. The molecule has 2 heteroatoms. The molecule has 17 heavy (non-hydrogen) atoms. The van der Waals surface area contributed by atoms with Gasteiger partial charge in [-0.05, 0) is 48.8 Å². The third-order valence-electron chi connectivity index (χ3n) is 3.36. The molecule has 1 saturated carbocycles. The first kappa shape index (κ1) is 13.0. The summed E-state index contributed by atoms with van der Waals surface area (Å²) in [7, 11) is 1.77. The molecule has 1 aromatic rings. The second-order valence-corrected chi connectivity index (χ2v) is 6.10. The van der Waals surface area contributed by atoms with Crippen LogP contribution >= 0.6 is 11.8 Å². The standard InChI is InChI=1S/C15H22OS/c1-12(8-9-16-2)14-4-3-5-15(10-14)17-11-13-6-7-13/h3-5,10,12-13H,6-9,11H2,1-2H3/t12-/m1/s1. The van der Waals surface area contributed by atoms with Crippen LogP contribution < -0.4 is 0 Å². The topological polar surface area (TPSA) is 9.23 Å². The second kappa shape index (κ2) is 6.46. The molecule has 0 bridgehead atoms. The van der Waals surface area contributed by atoms with Gasteiger partial charge in [-0.25, -0.2) is 0 Å². The summed E-state index contributed by atoms with van der Waals surface area (Å²) in [5.41, 5.74) is 1.45. The van der Waals surface area contributed by atoms with Crippen LogP contribution in [-0.2, 0) is 4.74 Å². The van der Waals surface area contributed by atoms with E-state index in [0.29, 0.717) is 5.92 Å². The molecule has 1 aliphatic rings. The van der Waals surface area contributed by atoms with Crippen molar-refractivity contribution in [1.82, 2.24) is 0 Å². The fourth-order valence-corrected chi connectivity index (χ4v) is 3.03. The highest BCUT2D eigenvalue weighted by atomic mass is 32.2. The maximum atomic E-state index is 5.15. The number of thioether (sulfide) groups is 1. The van der Waals surface area contributed by atoms with Gasteiger partial charge < -0.3 is 4.74 Å². The lowest BCUT2D eigenvalue weighted by molar-refractivity contribution is 0.189. The van der Waals surface area contributed by atoms with Crippen molar-refractivity contribution in [2.75, 3.05) is 19.5 Å². The molecule has 0 aromatic heterocycles. The summed E-state index contributed by atoms with van der Waals surface area (Å²) in [5.74, 6) is 2.89. The highest BCUT2D eigenvalue weighted by molar-refractivity contribution is 7.99. The van der Waals surface area contributed by atoms with Gasteiger partial charge in [0.15, 0.2) is 0 Å². The van der Waals surface area contributed by atoms with Crippen LogP contribution in [0.15, 0.2) is 29.2 Å². The van der Waals surface area contributed by atoms with Crippen LogP contribution in [0.1, 0.15) is 37.7 Å². The molecule has 1 nitrogen and oxygen atoms in total. The summed E-state index contributed by atoms with van der Waals surface area (Å²) in [4.78, 5) is 1.43. The number of ether oxygens (including phenoxy) is 1. The normalized spacial score (nSPS) is 17.1. The van der Waals surface area contributed by atoms with Gasteiger partial charge in [-0.1, -0.05) is 19.1 Å². The molecule has 0 saturated heterocycles. The monoisotopic (exact) mass is 250 g/mol. The van der Waals surface area contributed by atoms with Gasteiger partial charge in [0.2, 0.25) is 0 Å². The molecule has 1 aromatic carbocycles. The Morgan fingerprint density at radius 3 is 2.94 bits per heavy atom. The molecular formula is C15H22OS. The summed E-state index contributed by atoms with van der Waals surface area (Å²) in [6, 6.07) is 9.02. The lowest BCUT2D eigenvalue weighted by Crippen LogP contribution is -1.98. The van der Waals surface area contributed by atoms with E-state index in [1.807, 2.05) is 11.8 Å². The fraction of sp³-hybridized carbons (Fsp3) is 0.600. The highest BCUT2D eigenvalue weighted by Crippen LogP contribution is 2.35. The van der Waals surface area contributed by atoms with Crippen molar-refractivity contribution >= 4 is 11.8 Å². The first-order chi connectivity index (χ1) is 8.29. The van der Waals surface area contributed by atoms with Gasteiger partial charge in [-0.15, -0.1) is 11.8 Å². The molecule has 1 aliphatic carbocycles. The number of hydrogen-bond acceptors (Lipinski definition) is 2. The Morgan fingerprint density at radius 2 is 2.24 bits per heavy atom. The second-order valence-electron chi connectivity index (χ2n) is 5.01. The molecule has 0 spiro atoms. The smallest absolute Gasteiger partial charge is 0.0467 e. The zero-order chi connectivity index (χ0) is 12.1. The highest BCUT2D eigenvalue weighted by Gasteiger charge is 2.21.